The summed E-state index contributed by atoms with van der Waals surface area (Å²) in [6.45, 7) is 0. The molecule has 0 aliphatic rings. The summed E-state index contributed by atoms with van der Waals surface area (Å²) < 4.78 is 11.4. The van der Waals surface area contributed by atoms with E-state index in [1.165, 1.54) is 6.07 Å². The standard InChI is InChI=1S/C31H27N3O5/c1-38-28-16-23-21-14-19(35)11-12-20(21)25(30(33)36)15-22(23)24(29(28)39-2)13-17-7-9-18(10-8-17)31(37)34-27-6-4-3-5-26(27)32/h3-12,14-16,35H,13,32H2,1-2H3,(H2,33,36)(H,34,37). The second-order valence-electron chi connectivity index (χ2n) is 9.12. The number of para-hydroxylation sites is 2. The van der Waals surface area contributed by atoms with Crippen molar-refractivity contribution in [2.24, 2.45) is 5.73 Å². The molecule has 0 spiro atoms. The lowest BCUT2D eigenvalue weighted by Crippen LogP contribution is -2.13. The highest BCUT2D eigenvalue weighted by molar-refractivity contribution is 6.18. The molecule has 0 unspecified atom stereocenters. The van der Waals surface area contributed by atoms with Gasteiger partial charge in [-0.15, -0.1) is 0 Å². The summed E-state index contributed by atoms with van der Waals surface area (Å²) in [4.78, 5) is 25.2. The van der Waals surface area contributed by atoms with Crippen LogP contribution in [0.25, 0.3) is 21.5 Å². The SMILES string of the molecule is COc1cc2c(cc(C(N)=O)c3ccc(O)cc32)c(Cc2ccc(C(=O)Nc3ccccc3N)cc2)c1OC. The van der Waals surface area contributed by atoms with Gasteiger partial charge < -0.3 is 31.4 Å². The fourth-order valence-corrected chi connectivity index (χ4v) is 4.85. The van der Waals surface area contributed by atoms with Gasteiger partial charge in [0, 0.05) is 23.1 Å². The van der Waals surface area contributed by atoms with Gasteiger partial charge in [-0.1, -0.05) is 24.3 Å². The van der Waals surface area contributed by atoms with Gasteiger partial charge in [-0.2, -0.15) is 0 Å². The average Bonchev–Trinajstić information content (AvgIpc) is 2.93. The number of fused-ring (bicyclic) bond motifs is 3. The van der Waals surface area contributed by atoms with Crippen molar-refractivity contribution in [1.29, 1.82) is 0 Å². The average molecular weight is 522 g/mol. The minimum absolute atomic E-state index is 0.0629. The van der Waals surface area contributed by atoms with Gasteiger partial charge in [0.1, 0.15) is 5.75 Å². The Labute approximate surface area is 224 Å². The van der Waals surface area contributed by atoms with Crippen LogP contribution in [0.5, 0.6) is 17.2 Å². The van der Waals surface area contributed by atoms with Gasteiger partial charge >= 0.3 is 0 Å². The lowest BCUT2D eigenvalue weighted by molar-refractivity contribution is 0.0999. The van der Waals surface area contributed by atoms with Gasteiger partial charge in [-0.3, -0.25) is 9.59 Å². The first-order valence-corrected chi connectivity index (χ1v) is 12.2. The molecule has 0 radical (unpaired) electrons. The van der Waals surface area contributed by atoms with Crippen molar-refractivity contribution < 1.29 is 24.2 Å². The number of phenolic OH excluding ortho intramolecular Hbond substituents is 1. The zero-order valence-electron chi connectivity index (χ0n) is 21.4. The van der Waals surface area contributed by atoms with Crippen LogP contribution in [-0.2, 0) is 6.42 Å². The molecule has 0 aliphatic heterocycles. The molecule has 6 N–H and O–H groups in total. The molecule has 5 aromatic rings. The number of benzene rings is 5. The van der Waals surface area contributed by atoms with Crippen LogP contribution in [-0.4, -0.2) is 31.1 Å². The molecule has 0 fully saturated rings. The zero-order chi connectivity index (χ0) is 27.7. The van der Waals surface area contributed by atoms with E-state index in [0.717, 1.165) is 21.9 Å². The lowest BCUT2D eigenvalue weighted by Gasteiger charge is -2.19. The molecular formula is C31H27N3O5. The normalized spacial score (nSPS) is 10.9. The van der Waals surface area contributed by atoms with Crippen molar-refractivity contribution in [3.8, 4) is 17.2 Å². The highest BCUT2D eigenvalue weighted by Gasteiger charge is 2.20. The van der Waals surface area contributed by atoms with Crippen LogP contribution < -0.4 is 26.3 Å². The fourth-order valence-electron chi connectivity index (χ4n) is 4.85. The number of nitrogens with one attached hydrogen (secondary N) is 1. The molecule has 0 bridgehead atoms. The van der Waals surface area contributed by atoms with Crippen molar-refractivity contribution in [3.63, 3.8) is 0 Å². The first-order chi connectivity index (χ1) is 18.8. The minimum Gasteiger partial charge on any atom is -0.508 e. The van der Waals surface area contributed by atoms with E-state index < -0.39 is 5.91 Å². The number of carbonyl (C=O) groups is 2. The number of primary amides is 1. The highest BCUT2D eigenvalue weighted by atomic mass is 16.5. The topological polar surface area (TPSA) is 137 Å². The molecule has 8 heteroatoms. The largest absolute Gasteiger partial charge is 0.508 e. The second-order valence-corrected chi connectivity index (χ2v) is 9.12. The Balaban J connectivity index is 1.60. The number of anilines is 2. The van der Waals surface area contributed by atoms with Crippen molar-refractivity contribution in [3.05, 3.63) is 101 Å². The van der Waals surface area contributed by atoms with E-state index in [9.17, 15) is 14.7 Å². The Hall–Kier alpha value is -5.24. The molecular weight excluding hydrogens is 494 g/mol. The maximum Gasteiger partial charge on any atom is 0.255 e. The predicted molar refractivity (Wildman–Crippen MR) is 153 cm³/mol. The van der Waals surface area contributed by atoms with Crippen LogP contribution >= 0.6 is 0 Å². The van der Waals surface area contributed by atoms with Gasteiger partial charge in [0.25, 0.3) is 5.91 Å². The van der Waals surface area contributed by atoms with Crippen LogP contribution in [0.3, 0.4) is 0 Å². The van der Waals surface area contributed by atoms with Gasteiger partial charge in [-0.25, -0.2) is 0 Å². The minimum atomic E-state index is -0.581. The Bertz CT molecular complexity index is 1750. The molecule has 8 nitrogen and oxygen atoms in total. The summed E-state index contributed by atoms with van der Waals surface area (Å²) in [7, 11) is 3.11. The monoisotopic (exact) mass is 521 g/mol. The first kappa shape index (κ1) is 25.4. The molecule has 0 aromatic heterocycles. The predicted octanol–water partition coefficient (Wildman–Crippen LogP) is 5.24. The Morgan fingerprint density at radius 2 is 1.56 bits per heavy atom. The number of ether oxygens (including phenoxy) is 2. The van der Waals surface area contributed by atoms with Crippen LogP contribution in [0, 0.1) is 0 Å². The first-order valence-electron chi connectivity index (χ1n) is 12.2. The number of rotatable bonds is 7. The number of hydrogen-bond donors (Lipinski definition) is 4. The van der Waals surface area contributed by atoms with Gasteiger partial charge in [0.15, 0.2) is 11.5 Å². The van der Waals surface area contributed by atoms with Crippen LogP contribution in [0.2, 0.25) is 0 Å². The molecule has 5 rings (SSSR count). The van der Waals surface area contributed by atoms with E-state index in [4.69, 9.17) is 20.9 Å². The Morgan fingerprint density at radius 3 is 2.23 bits per heavy atom. The van der Waals surface area contributed by atoms with E-state index in [0.29, 0.717) is 51.2 Å². The number of phenols is 1. The van der Waals surface area contributed by atoms with Gasteiger partial charge in [0.2, 0.25) is 5.91 Å². The van der Waals surface area contributed by atoms with Crippen LogP contribution in [0.1, 0.15) is 31.8 Å². The van der Waals surface area contributed by atoms with E-state index in [-0.39, 0.29) is 11.7 Å². The number of hydrogen-bond acceptors (Lipinski definition) is 6. The highest BCUT2D eigenvalue weighted by Crippen LogP contribution is 2.42. The van der Waals surface area contributed by atoms with Crippen molar-refractivity contribution >= 4 is 44.7 Å². The second kappa shape index (κ2) is 10.3. The molecule has 0 atom stereocenters. The summed E-state index contributed by atoms with van der Waals surface area (Å²) in [6.07, 6.45) is 0.410. The van der Waals surface area contributed by atoms with Crippen molar-refractivity contribution in [2.45, 2.75) is 6.42 Å². The third-order valence-corrected chi connectivity index (χ3v) is 6.76. The van der Waals surface area contributed by atoms with Crippen molar-refractivity contribution in [1.82, 2.24) is 0 Å². The van der Waals surface area contributed by atoms with E-state index in [2.05, 4.69) is 5.32 Å². The molecule has 0 aliphatic carbocycles. The summed E-state index contributed by atoms with van der Waals surface area (Å²) in [5.41, 5.74) is 15.2. The molecule has 0 saturated carbocycles. The van der Waals surface area contributed by atoms with Gasteiger partial charge in [0.05, 0.1) is 25.6 Å². The maximum absolute atomic E-state index is 12.8. The van der Waals surface area contributed by atoms with Crippen molar-refractivity contribution in [2.75, 3.05) is 25.3 Å². The number of methoxy groups -OCH3 is 2. The van der Waals surface area contributed by atoms with E-state index in [1.54, 1.807) is 68.8 Å². The summed E-state index contributed by atoms with van der Waals surface area (Å²) in [5.74, 6) is 0.228. The molecule has 39 heavy (non-hydrogen) atoms. The maximum atomic E-state index is 12.8. The molecule has 2 amide bonds. The molecule has 0 heterocycles. The lowest BCUT2D eigenvalue weighted by atomic mass is 9.90. The van der Waals surface area contributed by atoms with Gasteiger partial charge in [-0.05, 0) is 81.7 Å². The molecule has 5 aromatic carbocycles. The number of carbonyl (C=O) groups excluding carboxylic acids is 2. The Morgan fingerprint density at radius 1 is 0.846 bits per heavy atom. The van der Waals surface area contributed by atoms with Crippen LogP contribution in [0.15, 0.2) is 78.9 Å². The smallest absolute Gasteiger partial charge is 0.255 e. The number of nitrogens with two attached hydrogens (primary N) is 2. The van der Waals surface area contributed by atoms with E-state index >= 15 is 0 Å². The summed E-state index contributed by atoms with van der Waals surface area (Å²) in [6, 6.07) is 22.6. The number of aromatic hydroxyl groups is 1. The third-order valence-electron chi connectivity index (χ3n) is 6.76. The van der Waals surface area contributed by atoms with E-state index in [1.807, 2.05) is 18.2 Å². The molecule has 196 valence electrons. The summed E-state index contributed by atoms with van der Waals surface area (Å²) >= 11 is 0. The number of amides is 2. The number of nitrogen functional groups attached to an aromatic ring is 1. The zero-order valence-corrected chi connectivity index (χ0v) is 21.4. The third kappa shape index (κ3) is 4.75. The Kier molecular flexibility index (Phi) is 6.68. The fraction of sp³-hybridized carbons (Fsp3) is 0.0968. The quantitative estimate of drug-likeness (QED) is 0.171. The van der Waals surface area contributed by atoms with Crippen LogP contribution in [0.4, 0.5) is 11.4 Å². The summed E-state index contributed by atoms with van der Waals surface area (Å²) in [5, 5.41) is 15.8. The molecule has 0 saturated heterocycles.